The highest BCUT2D eigenvalue weighted by Gasteiger charge is 2.43. The molecule has 13 aromatic rings. The maximum atomic E-state index is 5.00. The van der Waals surface area contributed by atoms with Crippen LogP contribution in [0.3, 0.4) is 0 Å². The van der Waals surface area contributed by atoms with Crippen molar-refractivity contribution in [2.24, 2.45) is 0 Å². The Hall–Kier alpha value is -8.67. The van der Waals surface area contributed by atoms with Gasteiger partial charge in [-0.2, -0.15) is 0 Å². The van der Waals surface area contributed by atoms with Gasteiger partial charge in [0.1, 0.15) is 27.5 Å². The smallest absolute Gasteiger partial charge is 0.146 e. The van der Waals surface area contributed by atoms with E-state index in [0.29, 0.717) is 46.3 Å². The molecule has 0 unspecified atom stereocenters. The largest absolute Gasteiger partial charge is 0.247 e. The number of rotatable bonds is 12. The standard InChI is InChI=1S/C78H76N6Si2/c1-49(2)85(50(3)4,51(5)6)35-33-65-67-37-57-21-13-17-25-61(57)41-71(67)77(72-42-62-26-18-14-22-58(62)38-68(65)72)75-47-83(81-79-75)45-55-29-31-56(32-30-55)46-84-48-76(80-82-84)78-73-43-63-27-19-15-23-59(63)39-69(73)66(34-36-86(52(7)8,53(9)10)54(11)12)70-40-60-24-16-20-28-64(60)44-74(70)78/h13-32,37-44,47-54H,45-46H2,1-12H3. The molecule has 0 saturated heterocycles. The molecule has 2 aromatic heterocycles. The average Bonchev–Trinajstić information content (AvgIpc) is 2.09. The predicted octanol–water partition coefficient (Wildman–Crippen LogP) is 20.7. The Kier molecular flexibility index (Phi) is 14.7. The SMILES string of the molecule is CC(C)[Si](C#Cc1c2cc3ccccc3cc2c(-c2cn(Cc3ccc(Cn4cc(-c5c6cc7ccccc7cc6c(C#C[Si](C(C)C)(C(C)C)C(C)C)c6cc7ccccc7cc56)nn4)cc3)nn2)c2cc3ccccc3cc12)(C(C)C)C(C)C. The second-order valence-corrected chi connectivity index (χ2v) is 37.4. The van der Waals surface area contributed by atoms with Gasteiger partial charge in [-0.25, -0.2) is 9.36 Å². The summed E-state index contributed by atoms with van der Waals surface area (Å²) >= 11 is 0. The Morgan fingerprint density at radius 1 is 0.326 bits per heavy atom. The summed E-state index contributed by atoms with van der Waals surface area (Å²) in [7, 11) is -4.17. The zero-order valence-electron chi connectivity index (χ0n) is 51.9. The van der Waals surface area contributed by atoms with E-state index in [4.69, 9.17) is 20.6 Å². The normalized spacial score (nSPS) is 12.5. The molecule has 6 nitrogen and oxygen atoms in total. The van der Waals surface area contributed by atoms with Crippen LogP contribution in [0, 0.1) is 22.9 Å². The summed E-state index contributed by atoms with van der Waals surface area (Å²) in [6, 6.07) is 62.4. The molecular weight excluding hydrogens is 1080 g/mol. The molecule has 0 bridgehead atoms. The van der Waals surface area contributed by atoms with Crippen molar-refractivity contribution in [2.75, 3.05) is 0 Å². The first-order chi connectivity index (χ1) is 41.5. The van der Waals surface area contributed by atoms with Crippen LogP contribution in [0.5, 0.6) is 0 Å². The minimum atomic E-state index is -2.08. The van der Waals surface area contributed by atoms with Crippen molar-refractivity contribution in [1.82, 2.24) is 30.0 Å². The lowest BCUT2D eigenvalue weighted by Crippen LogP contribution is -2.43. The first-order valence-corrected chi connectivity index (χ1v) is 35.6. The Bertz CT molecular complexity index is 4390. The van der Waals surface area contributed by atoms with Crippen LogP contribution in [0.25, 0.3) is 109 Å². The summed E-state index contributed by atoms with van der Waals surface area (Å²) in [6.07, 6.45) is 4.25. The summed E-state index contributed by atoms with van der Waals surface area (Å²) in [5.41, 5.74) is 19.7. The monoisotopic (exact) mass is 1150 g/mol. The van der Waals surface area contributed by atoms with Crippen LogP contribution in [0.1, 0.15) is 105 Å². The van der Waals surface area contributed by atoms with Crippen LogP contribution in [0.2, 0.25) is 33.2 Å². The first-order valence-electron chi connectivity index (χ1n) is 31.1. The molecule has 0 saturated carbocycles. The molecule has 0 amide bonds. The number of fused-ring (bicyclic) bond motifs is 8. The maximum Gasteiger partial charge on any atom is 0.146 e. The third-order valence-electron chi connectivity index (χ3n) is 19.5. The van der Waals surface area contributed by atoms with Crippen molar-refractivity contribution < 1.29 is 0 Å². The second-order valence-electron chi connectivity index (χ2n) is 26.2. The van der Waals surface area contributed by atoms with Crippen LogP contribution in [-0.2, 0) is 13.1 Å². The van der Waals surface area contributed by atoms with Gasteiger partial charge in [-0.3, -0.25) is 0 Å². The van der Waals surface area contributed by atoms with Crippen LogP contribution in [0.15, 0.2) is 182 Å². The Balaban J connectivity index is 0.862. The molecule has 13 rings (SSSR count). The maximum absolute atomic E-state index is 5.00. The fourth-order valence-electron chi connectivity index (χ4n) is 15.3. The molecule has 0 aliphatic rings. The van der Waals surface area contributed by atoms with Crippen LogP contribution >= 0.6 is 0 Å². The van der Waals surface area contributed by atoms with Crippen molar-refractivity contribution in [3.63, 3.8) is 0 Å². The van der Waals surface area contributed by atoms with Crippen molar-refractivity contribution in [2.45, 2.75) is 129 Å². The topological polar surface area (TPSA) is 61.4 Å². The van der Waals surface area contributed by atoms with Crippen LogP contribution in [0.4, 0.5) is 0 Å². The molecule has 0 radical (unpaired) electrons. The van der Waals surface area contributed by atoms with Gasteiger partial charge >= 0.3 is 0 Å². The third kappa shape index (κ3) is 9.68. The number of hydrogen-bond acceptors (Lipinski definition) is 4. The van der Waals surface area contributed by atoms with E-state index in [2.05, 4.69) is 288 Å². The molecule has 426 valence electrons. The van der Waals surface area contributed by atoms with E-state index in [0.717, 1.165) is 87.9 Å². The number of hydrogen-bond donors (Lipinski definition) is 0. The minimum Gasteiger partial charge on any atom is -0.247 e. The summed E-state index contributed by atoms with van der Waals surface area (Å²) in [6.45, 7) is 29.9. The van der Waals surface area contributed by atoms with E-state index < -0.39 is 16.1 Å². The molecule has 0 aliphatic heterocycles. The van der Waals surface area contributed by atoms with E-state index in [1.54, 1.807) is 0 Å². The molecule has 11 aromatic carbocycles. The van der Waals surface area contributed by atoms with Gasteiger partial charge in [0.2, 0.25) is 0 Å². The Morgan fingerprint density at radius 3 is 0.791 bits per heavy atom. The van der Waals surface area contributed by atoms with Gasteiger partial charge in [0.25, 0.3) is 0 Å². The van der Waals surface area contributed by atoms with Crippen LogP contribution < -0.4 is 0 Å². The third-order valence-corrected chi connectivity index (χ3v) is 32.1. The highest BCUT2D eigenvalue weighted by atomic mass is 28.3. The molecule has 0 aliphatic carbocycles. The van der Waals surface area contributed by atoms with E-state index >= 15 is 0 Å². The summed E-state index contributed by atoms with van der Waals surface area (Å²) in [4.78, 5) is 0. The van der Waals surface area contributed by atoms with E-state index in [-0.39, 0.29) is 0 Å². The van der Waals surface area contributed by atoms with Gasteiger partial charge < -0.3 is 0 Å². The molecule has 86 heavy (non-hydrogen) atoms. The van der Waals surface area contributed by atoms with E-state index in [1.807, 2.05) is 9.36 Å². The fraction of sp³-hybridized carbons (Fsp3) is 0.256. The Labute approximate surface area is 508 Å². The zero-order chi connectivity index (χ0) is 59.8. The highest BCUT2D eigenvalue weighted by Crippen LogP contribution is 2.47. The minimum absolute atomic E-state index is 0.515. The average molecular weight is 1150 g/mol. The van der Waals surface area contributed by atoms with Crippen molar-refractivity contribution in [3.8, 4) is 45.4 Å². The summed E-state index contributed by atoms with van der Waals surface area (Å²) < 4.78 is 3.95. The molecule has 0 atom stereocenters. The van der Waals surface area contributed by atoms with E-state index in [9.17, 15) is 0 Å². The van der Waals surface area contributed by atoms with Gasteiger partial charge in [-0.05, 0) is 179 Å². The summed E-state index contributed by atoms with van der Waals surface area (Å²) in [5, 5.41) is 38.4. The molecule has 0 spiro atoms. The van der Waals surface area contributed by atoms with Crippen molar-refractivity contribution in [1.29, 1.82) is 0 Å². The van der Waals surface area contributed by atoms with E-state index in [1.165, 1.54) is 43.1 Å². The number of aromatic nitrogens is 6. The second kappa shape index (κ2) is 22.3. The van der Waals surface area contributed by atoms with Gasteiger partial charge in [-0.15, -0.1) is 21.3 Å². The van der Waals surface area contributed by atoms with Gasteiger partial charge in [-0.1, -0.05) is 227 Å². The Morgan fingerprint density at radius 2 is 0.558 bits per heavy atom. The van der Waals surface area contributed by atoms with Gasteiger partial charge in [0.15, 0.2) is 0 Å². The van der Waals surface area contributed by atoms with Gasteiger partial charge in [0, 0.05) is 22.3 Å². The lowest BCUT2D eigenvalue weighted by Gasteiger charge is -2.38. The number of nitrogens with zero attached hydrogens (tertiary/aromatic N) is 6. The molecule has 2 heterocycles. The lowest BCUT2D eigenvalue weighted by atomic mass is 9.88. The predicted molar refractivity (Wildman–Crippen MR) is 371 cm³/mol. The van der Waals surface area contributed by atoms with Gasteiger partial charge in [0.05, 0.1) is 25.5 Å². The first kappa shape index (κ1) is 56.5. The van der Waals surface area contributed by atoms with Crippen LogP contribution in [-0.4, -0.2) is 46.1 Å². The summed E-state index contributed by atoms with van der Waals surface area (Å²) in [5.74, 6) is 7.98. The highest BCUT2D eigenvalue weighted by molar-refractivity contribution is 6.91. The fourth-order valence-corrected chi connectivity index (χ4v) is 25.7. The lowest BCUT2D eigenvalue weighted by molar-refractivity contribution is 0.643. The quantitative estimate of drug-likeness (QED) is 0.0695. The van der Waals surface area contributed by atoms with Crippen molar-refractivity contribution >= 4 is 102 Å². The number of benzene rings is 11. The molecule has 8 heteroatoms. The van der Waals surface area contributed by atoms with Crippen molar-refractivity contribution in [3.05, 3.63) is 205 Å². The molecule has 0 N–H and O–H groups in total. The molecule has 0 fully saturated rings. The molecular formula is C78H76N6Si2. The zero-order valence-corrected chi connectivity index (χ0v) is 53.9.